The highest BCUT2D eigenvalue weighted by molar-refractivity contribution is 9.10. The number of benzene rings is 1. The second-order valence-electron chi connectivity index (χ2n) is 4.21. The van der Waals surface area contributed by atoms with Crippen LogP contribution in [-0.4, -0.2) is 13.2 Å². The highest BCUT2D eigenvalue weighted by Gasteiger charge is 2.27. The molecule has 4 heteroatoms. The lowest BCUT2D eigenvalue weighted by Gasteiger charge is -2.15. The first-order chi connectivity index (χ1) is 7.54. The average molecular weight is 286 g/mol. The van der Waals surface area contributed by atoms with E-state index in [-0.39, 0.29) is 12.1 Å². The molecule has 0 spiro atoms. The second kappa shape index (κ2) is 4.26. The van der Waals surface area contributed by atoms with Gasteiger partial charge in [0.25, 0.3) is 0 Å². The molecule has 0 fully saturated rings. The van der Waals surface area contributed by atoms with E-state index < -0.39 is 0 Å². The molecule has 2 atom stereocenters. The van der Waals surface area contributed by atoms with E-state index in [4.69, 9.17) is 15.2 Å². The van der Waals surface area contributed by atoms with E-state index in [1.54, 1.807) is 7.11 Å². The molecule has 0 aliphatic carbocycles. The van der Waals surface area contributed by atoms with Gasteiger partial charge in [-0.15, -0.1) is 0 Å². The third-order valence-electron chi connectivity index (χ3n) is 2.82. The number of halogens is 1. The van der Waals surface area contributed by atoms with Crippen molar-refractivity contribution < 1.29 is 9.47 Å². The first-order valence-corrected chi connectivity index (χ1v) is 6.15. The summed E-state index contributed by atoms with van der Waals surface area (Å²) in [5.41, 5.74) is 8.17. The van der Waals surface area contributed by atoms with Crippen molar-refractivity contribution in [2.24, 2.45) is 5.73 Å². The lowest BCUT2D eigenvalue weighted by Crippen LogP contribution is -2.07. The molecular formula is C12H16BrNO2. The fourth-order valence-electron chi connectivity index (χ4n) is 2.02. The van der Waals surface area contributed by atoms with Gasteiger partial charge in [0.15, 0.2) is 11.5 Å². The quantitative estimate of drug-likeness (QED) is 0.909. The van der Waals surface area contributed by atoms with E-state index in [2.05, 4.69) is 22.9 Å². The van der Waals surface area contributed by atoms with Gasteiger partial charge in [0, 0.05) is 22.5 Å². The third kappa shape index (κ3) is 1.80. The Morgan fingerprint density at radius 2 is 2.31 bits per heavy atom. The normalized spacial score (nSPS) is 20.2. The summed E-state index contributed by atoms with van der Waals surface area (Å²) in [5, 5.41) is 0. The van der Waals surface area contributed by atoms with Crippen LogP contribution in [0, 0.1) is 0 Å². The molecule has 0 aromatic heterocycles. The number of hydrogen-bond acceptors (Lipinski definition) is 3. The van der Waals surface area contributed by atoms with Crippen molar-refractivity contribution in [2.45, 2.75) is 32.4 Å². The van der Waals surface area contributed by atoms with Gasteiger partial charge in [-0.25, -0.2) is 0 Å². The van der Waals surface area contributed by atoms with Crippen molar-refractivity contribution in [3.8, 4) is 11.5 Å². The van der Waals surface area contributed by atoms with E-state index >= 15 is 0 Å². The topological polar surface area (TPSA) is 44.5 Å². The molecule has 2 unspecified atom stereocenters. The van der Waals surface area contributed by atoms with Gasteiger partial charge in [0.05, 0.1) is 7.11 Å². The number of ether oxygens (including phenoxy) is 2. The van der Waals surface area contributed by atoms with Gasteiger partial charge in [0.1, 0.15) is 6.10 Å². The molecule has 2 N–H and O–H groups in total. The summed E-state index contributed by atoms with van der Waals surface area (Å²) in [6, 6.07) is 1.93. The van der Waals surface area contributed by atoms with Crippen LogP contribution in [0.4, 0.5) is 0 Å². The van der Waals surface area contributed by atoms with Crippen LogP contribution in [0.25, 0.3) is 0 Å². The van der Waals surface area contributed by atoms with Crippen molar-refractivity contribution in [1.82, 2.24) is 0 Å². The molecule has 1 aliphatic heterocycles. The number of fused-ring (bicyclic) bond motifs is 1. The lowest BCUT2D eigenvalue weighted by molar-refractivity contribution is 0.243. The Morgan fingerprint density at radius 1 is 1.62 bits per heavy atom. The summed E-state index contributed by atoms with van der Waals surface area (Å²) in [5.74, 6) is 1.63. The maximum Gasteiger partial charge on any atom is 0.166 e. The smallest absolute Gasteiger partial charge is 0.166 e. The van der Waals surface area contributed by atoms with Crippen LogP contribution >= 0.6 is 15.9 Å². The maximum absolute atomic E-state index is 5.94. The largest absolute Gasteiger partial charge is 0.493 e. The minimum atomic E-state index is -0.0236. The predicted octanol–water partition coefficient (Wildman–Crippen LogP) is 2.80. The van der Waals surface area contributed by atoms with Gasteiger partial charge >= 0.3 is 0 Å². The van der Waals surface area contributed by atoms with E-state index in [0.717, 1.165) is 28.0 Å². The fourth-order valence-corrected chi connectivity index (χ4v) is 2.84. The molecule has 1 aromatic carbocycles. The van der Waals surface area contributed by atoms with Crippen LogP contribution in [0.3, 0.4) is 0 Å². The van der Waals surface area contributed by atoms with E-state index in [1.807, 2.05) is 13.0 Å². The monoisotopic (exact) mass is 285 g/mol. The molecule has 0 bridgehead atoms. The predicted molar refractivity (Wildman–Crippen MR) is 67.1 cm³/mol. The van der Waals surface area contributed by atoms with E-state index in [0.29, 0.717) is 0 Å². The minimum absolute atomic E-state index is 0.0236. The summed E-state index contributed by atoms with van der Waals surface area (Å²) in [4.78, 5) is 0. The zero-order chi connectivity index (χ0) is 11.9. The van der Waals surface area contributed by atoms with E-state index in [9.17, 15) is 0 Å². The fraction of sp³-hybridized carbons (Fsp3) is 0.500. The molecule has 3 nitrogen and oxygen atoms in total. The minimum Gasteiger partial charge on any atom is -0.493 e. The second-order valence-corrected chi connectivity index (χ2v) is 5.00. The summed E-state index contributed by atoms with van der Waals surface area (Å²) in [6.45, 7) is 4.02. The molecule has 0 saturated heterocycles. The molecule has 0 amide bonds. The Labute approximate surface area is 104 Å². The molecular weight excluding hydrogens is 270 g/mol. The molecule has 0 radical (unpaired) electrons. The number of hydrogen-bond donors (Lipinski definition) is 1. The highest BCUT2D eigenvalue weighted by atomic mass is 79.9. The molecule has 2 rings (SSSR count). The summed E-state index contributed by atoms with van der Waals surface area (Å²) < 4.78 is 12.2. The van der Waals surface area contributed by atoms with Crippen LogP contribution in [0.5, 0.6) is 11.5 Å². The average Bonchev–Trinajstić information content (AvgIpc) is 2.60. The molecule has 1 aromatic rings. The van der Waals surface area contributed by atoms with Crippen molar-refractivity contribution in [3.63, 3.8) is 0 Å². The number of nitrogens with two attached hydrogens (primary N) is 1. The van der Waals surface area contributed by atoms with Crippen LogP contribution in [0.15, 0.2) is 10.5 Å². The van der Waals surface area contributed by atoms with Crippen molar-refractivity contribution in [2.75, 3.05) is 7.11 Å². The van der Waals surface area contributed by atoms with Gasteiger partial charge in [0.2, 0.25) is 0 Å². The Morgan fingerprint density at radius 3 is 2.88 bits per heavy atom. The van der Waals surface area contributed by atoms with Gasteiger partial charge in [-0.05, 0) is 25.5 Å². The van der Waals surface area contributed by atoms with Crippen LogP contribution in [-0.2, 0) is 6.42 Å². The summed E-state index contributed by atoms with van der Waals surface area (Å²) >= 11 is 3.61. The highest BCUT2D eigenvalue weighted by Crippen LogP contribution is 2.45. The van der Waals surface area contributed by atoms with Crippen LogP contribution in [0.2, 0.25) is 0 Å². The maximum atomic E-state index is 5.94. The first-order valence-electron chi connectivity index (χ1n) is 5.36. The van der Waals surface area contributed by atoms with E-state index in [1.165, 1.54) is 5.56 Å². The van der Waals surface area contributed by atoms with Gasteiger partial charge < -0.3 is 15.2 Å². The summed E-state index contributed by atoms with van der Waals surface area (Å²) in [6.07, 6.45) is 1.09. The molecule has 1 aliphatic rings. The van der Waals surface area contributed by atoms with Crippen LogP contribution in [0.1, 0.15) is 31.0 Å². The molecule has 1 heterocycles. The van der Waals surface area contributed by atoms with Gasteiger partial charge in [-0.1, -0.05) is 15.9 Å². The Bertz CT molecular complexity index is 418. The Hall–Kier alpha value is -0.740. The Kier molecular flexibility index (Phi) is 3.13. The molecule has 0 saturated carbocycles. The van der Waals surface area contributed by atoms with Crippen molar-refractivity contribution >= 4 is 15.9 Å². The van der Waals surface area contributed by atoms with Crippen LogP contribution < -0.4 is 15.2 Å². The van der Waals surface area contributed by atoms with Gasteiger partial charge in [-0.3, -0.25) is 0 Å². The standard InChI is InChI=1S/C12H16BrNO2/c1-6-4-9-11(13)8(7(2)14)5-10(15-3)12(9)16-6/h5-7H,4,14H2,1-3H3. The summed E-state index contributed by atoms with van der Waals surface area (Å²) in [7, 11) is 1.65. The van der Waals surface area contributed by atoms with Gasteiger partial charge in [-0.2, -0.15) is 0 Å². The van der Waals surface area contributed by atoms with Crippen molar-refractivity contribution in [3.05, 3.63) is 21.7 Å². The Balaban J connectivity index is 2.59. The van der Waals surface area contributed by atoms with Crippen molar-refractivity contribution in [1.29, 1.82) is 0 Å². The SMILES string of the molecule is COc1cc(C(C)N)c(Br)c2c1OC(C)C2. The molecule has 88 valence electrons. The lowest BCUT2D eigenvalue weighted by atomic mass is 10.0. The number of rotatable bonds is 2. The zero-order valence-electron chi connectivity index (χ0n) is 9.71. The first kappa shape index (κ1) is 11.7. The third-order valence-corrected chi connectivity index (χ3v) is 3.76. The molecule has 16 heavy (non-hydrogen) atoms. The number of methoxy groups -OCH3 is 1. The zero-order valence-corrected chi connectivity index (χ0v) is 11.3.